The van der Waals surface area contributed by atoms with Crippen LogP contribution in [-0.2, 0) is 45.0 Å². The van der Waals surface area contributed by atoms with Crippen LogP contribution in [0.25, 0.3) is 0 Å². The third kappa shape index (κ3) is 10.6. The molecule has 13 heteroatoms. The molecule has 0 spiro atoms. The van der Waals surface area contributed by atoms with Crippen LogP contribution >= 0.6 is 0 Å². The Bertz CT molecular complexity index is 1490. The topological polar surface area (TPSA) is 174 Å². The molecular weight excluding hydrogens is 600 g/mol. The van der Waals surface area contributed by atoms with Gasteiger partial charge in [0.1, 0.15) is 24.4 Å². The number of nitrogens with one attached hydrogen (secondary N) is 3. The zero-order valence-corrected chi connectivity index (χ0v) is 27.4. The smallest absolute Gasteiger partial charge is 0.243 e. The number of hydrogen-bond acceptors (Lipinski definition) is 8. The van der Waals surface area contributed by atoms with E-state index < -0.39 is 29.9 Å². The largest absolute Gasteiger partial charge is 0.492 e. The first-order chi connectivity index (χ1) is 22.6. The maximum atomic E-state index is 13.6. The van der Waals surface area contributed by atoms with Gasteiger partial charge in [0.15, 0.2) is 0 Å². The highest BCUT2D eigenvalue weighted by atomic mass is 16.5. The molecule has 5 N–H and O–H groups in total. The number of hydrogen-bond donors (Lipinski definition) is 4. The molecule has 4 bridgehead atoms. The number of carbonyl (C=O) groups excluding carboxylic acids is 4. The molecule has 1 aliphatic rings. The predicted molar refractivity (Wildman–Crippen MR) is 176 cm³/mol. The van der Waals surface area contributed by atoms with Gasteiger partial charge in [-0.1, -0.05) is 68.4 Å². The van der Waals surface area contributed by atoms with Gasteiger partial charge in [-0.2, -0.15) is 0 Å². The Morgan fingerprint density at radius 3 is 2.55 bits per heavy atom. The first kappa shape index (κ1) is 35.1. The molecule has 0 radical (unpaired) electrons. The van der Waals surface area contributed by atoms with Crippen LogP contribution in [0.15, 0.2) is 60.8 Å². The van der Waals surface area contributed by atoms with E-state index in [1.54, 1.807) is 15.6 Å². The second-order valence-corrected chi connectivity index (χ2v) is 12.1. The molecule has 3 atom stereocenters. The average molecular weight is 647 g/mol. The molecule has 13 nitrogen and oxygen atoms in total. The molecule has 47 heavy (non-hydrogen) atoms. The van der Waals surface area contributed by atoms with E-state index in [1.165, 1.54) is 0 Å². The summed E-state index contributed by atoms with van der Waals surface area (Å²) in [5, 5.41) is 17.1. The molecular formula is C34H46N8O5. The summed E-state index contributed by atoms with van der Waals surface area (Å²) in [5.74, 6) is -1.06. The van der Waals surface area contributed by atoms with Gasteiger partial charge in [-0.15, -0.1) is 5.10 Å². The van der Waals surface area contributed by atoms with Gasteiger partial charge in [-0.05, 0) is 35.6 Å². The number of carbonyl (C=O) groups is 4. The maximum absolute atomic E-state index is 13.6. The van der Waals surface area contributed by atoms with Crippen molar-refractivity contribution in [3.63, 3.8) is 0 Å². The van der Waals surface area contributed by atoms with Crippen molar-refractivity contribution < 1.29 is 23.9 Å². The van der Waals surface area contributed by atoms with Crippen LogP contribution in [-0.4, -0.2) is 87.9 Å². The summed E-state index contributed by atoms with van der Waals surface area (Å²) in [4.78, 5) is 55.0. The summed E-state index contributed by atoms with van der Waals surface area (Å²) in [6.45, 7) is 6.99. The number of nitrogens with zero attached hydrogens (tertiary/aromatic N) is 4. The molecule has 252 valence electrons. The van der Waals surface area contributed by atoms with E-state index in [1.807, 2.05) is 75.5 Å². The maximum Gasteiger partial charge on any atom is 0.243 e. The average Bonchev–Trinajstić information content (AvgIpc) is 3.51. The molecule has 0 aliphatic carbocycles. The Morgan fingerprint density at radius 1 is 1.02 bits per heavy atom. The van der Waals surface area contributed by atoms with Crippen molar-refractivity contribution in [3.05, 3.63) is 77.6 Å². The van der Waals surface area contributed by atoms with Crippen LogP contribution in [0.4, 0.5) is 0 Å². The molecule has 0 saturated carbocycles. The van der Waals surface area contributed by atoms with Gasteiger partial charge in [-0.25, -0.2) is 4.68 Å². The summed E-state index contributed by atoms with van der Waals surface area (Å²) in [6, 6.07) is 14.1. The highest BCUT2D eigenvalue weighted by Crippen LogP contribution is 2.15. The lowest BCUT2D eigenvalue weighted by Gasteiger charge is -2.27. The summed E-state index contributed by atoms with van der Waals surface area (Å²) < 4.78 is 7.59. The Morgan fingerprint density at radius 2 is 1.81 bits per heavy atom. The van der Waals surface area contributed by atoms with Crippen molar-refractivity contribution in [3.8, 4) is 5.75 Å². The fourth-order valence-corrected chi connectivity index (χ4v) is 5.26. The summed E-state index contributed by atoms with van der Waals surface area (Å²) in [6.07, 6.45) is 3.02. The van der Waals surface area contributed by atoms with Crippen LogP contribution in [0.2, 0.25) is 0 Å². The molecule has 4 amide bonds. The summed E-state index contributed by atoms with van der Waals surface area (Å²) >= 11 is 0. The van der Waals surface area contributed by atoms with Crippen molar-refractivity contribution in [1.29, 1.82) is 0 Å². The summed E-state index contributed by atoms with van der Waals surface area (Å²) in [7, 11) is 0. The van der Waals surface area contributed by atoms with Crippen molar-refractivity contribution in [2.45, 2.75) is 71.1 Å². The highest BCUT2D eigenvalue weighted by molar-refractivity contribution is 5.92. The van der Waals surface area contributed by atoms with Gasteiger partial charge in [0.05, 0.1) is 24.7 Å². The molecule has 4 rings (SSSR count). The molecule has 0 saturated heterocycles. The highest BCUT2D eigenvalue weighted by Gasteiger charge is 2.29. The Kier molecular flexibility index (Phi) is 12.9. The molecule has 1 aliphatic heterocycles. The van der Waals surface area contributed by atoms with Gasteiger partial charge in [-0.3, -0.25) is 19.2 Å². The summed E-state index contributed by atoms with van der Waals surface area (Å²) in [5.41, 5.74) is 8.39. The van der Waals surface area contributed by atoms with Gasteiger partial charge in [0.25, 0.3) is 0 Å². The van der Waals surface area contributed by atoms with E-state index in [0.717, 1.165) is 11.1 Å². The fraction of sp³-hybridized carbons (Fsp3) is 0.471. The first-order valence-corrected chi connectivity index (χ1v) is 16.2. The van der Waals surface area contributed by atoms with E-state index in [4.69, 9.17) is 10.5 Å². The minimum absolute atomic E-state index is 0.0466. The zero-order chi connectivity index (χ0) is 33.8. The monoisotopic (exact) mass is 646 g/mol. The quantitative estimate of drug-likeness (QED) is 0.318. The van der Waals surface area contributed by atoms with E-state index in [9.17, 15) is 19.2 Å². The molecule has 3 aromatic rings. The third-order valence-corrected chi connectivity index (χ3v) is 8.01. The second-order valence-electron chi connectivity index (χ2n) is 12.1. The number of nitrogens with two attached hydrogens (primary N) is 1. The van der Waals surface area contributed by atoms with Crippen molar-refractivity contribution in [1.82, 2.24) is 35.8 Å². The van der Waals surface area contributed by atoms with Crippen LogP contribution in [0.1, 0.15) is 44.0 Å². The number of fused-ring (bicyclic) bond motifs is 4. The number of amides is 4. The van der Waals surface area contributed by atoms with Crippen LogP contribution in [0.3, 0.4) is 0 Å². The van der Waals surface area contributed by atoms with E-state index in [0.29, 0.717) is 44.0 Å². The normalized spacial score (nSPS) is 19.6. The molecule has 1 aromatic heterocycles. The minimum Gasteiger partial charge on any atom is -0.492 e. The number of benzene rings is 2. The standard InChI is InChI=1S/C34H46N8O5/c1-4-28(35)34(46)41-15-13-26-22-42(40-39-26)17-18-47-27-12-8-11-25(19-27)21-30(43)38-31(23(2)3)33(45)37-29(32(44)36-14-16-41)20-24-9-6-5-7-10-24/h5-12,19,22-23,28-29,31H,4,13-18,20-21,35H2,1-3H3,(H,36,44)(H,37,45)(H,38,43)/t28-,29-,31+/m0/s1. The van der Waals surface area contributed by atoms with Gasteiger partial charge < -0.3 is 31.3 Å². The van der Waals surface area contributed by atoms with Crippen molar-refractivity contribution in [2.75, 3.05) is 26.2 Å². The minimum atomic E-state index is -0.921. The molecule has 0 fully saturated rings. The van der Waals surface area contributed by atoms with Crippen LogP contribution in [0.5, 0.6) is 5.75 Å². The van der Waals surface area contributed by atoms with Crippen LogP contribution < -0.4 is 26.4 Å². The van der Waals surface area contributed by atoms with Gasteiger partial charge >= 0.3 is 0 Å². The Hall–Kier alpha value is -4.78. The number of aromatic nitrogens is 3. The van der Waals surface area contributed by atoms with Gasteiger partial charge in [0, 0.05) is 38.7 Å². The van der Waals surface area contributed by atoms with Crippen molar-refractivity contribution in [2.24, 2.45) is 11.7 Å². The van der Waals surface area contributed by atoms with E-state index in [-0.39, 0.29) is 43.7 Å². The third-order valence-electron chi connectivity index (χ3n) is 8.01. The lowest BCUT2D eigenvalue weighted by molar-refractivity contribution is -0.134. The number of rotatable bonds is 5. The fourth-order valence-electron chi connectivity index (χ4n) is 5.26. The Balaban J connectivity index is 1.58. The van der Waals surface area contributed by atoms with E-state index in [2.05, 4.69) is 26.3 Å². The zero-order valence-electron chi connectivity index (χ0n) is 27.4. The lowest BCUT2D eigenvalue weighted by Crippen LogP contribution is -2.56. The lowest BCUT2D eigenvalue weighted by atomic mass is 10.0. The second kappa shape index (κ2) is 17.2. The Labute approximate surface area is 275 Å². The van der Waals surface area contributed by atoms with Crippen LogP contribution in [0, 0.1) is 5.92 Å². The molecule has 2 heterocycles. The van der Waals surface area contributed by atoms with Crippen molar-refractivity contribution >= 4 is 23.6 Å². The predicted octanol–water partition coefficient (Wildman–Crippen LogP) is 1.01. The molecule has 0 unspecified atom stereocenters. The number of ether oxygens (including phenoxy) is 1. The van der Waals surface area contributed by atoms with E-state index >= 15 is 0 Å². The SMILES string of the molecule is CC[C@H](N)C(=O)N1CCNC(=O)[C@H](Cc2ccccc2)NC(=O)[C@@H](C(C)C)NC(=O)Cc2cccc(c2)OCCn2cc(nn2)CC1. The molecule has 2 aromatic carbocycles. The van der Waals surface area contributed by atoms with Gasteiger partial charge in [0.2, 0.25) is 23.6 Å². The first-order valence-electron chi connectivity index (χ1n) is 16.2.